The normalized spacial score (nSPS) is 11.0. The lowest BCUT2D eigenvalue weighted by atomic mass is 10.1. The molecule has 1 N–H and O–H groups in total. The van der Waals surface area contributed by atoms with Gasteiger partial charge < -0.3 is 5.32 Å². The monoisotopic (exact) mass is 335 g/mol. The van der Waals surface area contributed by atoms with Crippen molar-refractivity contribution in [3.8, 4) is 11.3 Å². The lowest BCUT2D eigenvalue weighted by Crippen LogP contribution is -2.13. The van der Waals surface area contributed by atoms with E-state index in [1.54, 1.807) is 0 Å². The van der Waals surface area contributed by atoms with Gasteiger partial charge in [-0.1, -0.05) is 50.1 Å². The molecule has 2 aromatic heterocycles. The van der Waals surface area contributed by atoms with Gasteiger partial charge in [0.05, 0.1) is 0 Å². The number of anilines is 1. The molecule has 3 rings (SSSR count). The Morgan fingerprint density at radius 3 is 2.68 bits per heavy atom. The Bertz CT molecular complexity index is 895. The Hall–Kier alpha value is -2.62. The number of amides is 1. The third-order valence-electron chi connectivity index (χ3n) is 4.43. The van der Waals surface area contributed by atoms with Crippen molar-refractivity contribution in [3.05, 3.63) is 53.7 Å². The molecular formula is C21H25N3O. The summed E-state index contributed by atoms with van der Waals surface area (Å²) >= 11 is 0. The van der Waals surface area contributed by atoms with Crippen LogP contribution in [0.4, 0.5) is 5.82 Å². The second-order valence-corrected chi connectivity index (χ2v) is 6.56. The van der Waals surface area contributed by atoms with Crippen LogP contribution in [0.1, 0.15) is 43.7 Å². The maximum Gasteiger partial charge on any atom is 0.225 e. The molecule has 1 amide bonds. The molecular weight excluding hydrogens is 310 g/mol. The first kappa shape index (κ1) is 17.2. The van der Waals surface area contributed by atoms with Crippen molar-refractivity contribution in [2.75, 3.05) is 5.32 Å². The van der Waals surface area contributed by atoms with Gasteiger partial charge in [0.15, 0.2) is 0 Å². The predicted octanol–water partition coefficient (Wildman–Crippen LogP) is 5.14. The molecule has 2 heterocycles. The van der Waals surface area contributed by atoms with E-state index in [0.717, 1.165) is 53.1 Å². The van der Waals surface area contributed by atoms with Gasteiger partial charge in [-0.05, 0) is 37.5 Å². The Morgan fingerprint density at radius 2 is 1.92 bits per heavy atom. The molecule has 3 aromatic rings. The lowest BCUT2D eigenvalue weighted by Gasteiger charge is -2.09. The quantitative estimate of drug-likeness (QED) is 0.634. The summed E-state index contributed by atoms with van der Waals surface area (Å²) in [6.07, 6.45) is 5.66. The largest absolute Gasteiger partial charge is 0.310 e. The molecule has 0 spiro atoms. The summed E-state index contributed by atoms with van der Waals surface area (Å²) < 4.78 is 1.98. The molecule has 0 aliphatic heterocycles. The van der Waals surface area contributed by atoms with Gasteiger partial charge in [-0.2, -0.15) is 0 Å². The Morgan fingerprint density at radius 1 is 1.12 bits per heavy atom. The van der Waals surface area contributed by atoms with E-state index in [-0.39, 0.29) is 5.91 Å². The van der Waals surface area contributed by atoms with Crippen molar-refractivity contribution in [2.45, 2.75) is 46.5 Å². The summed E-state index contributed by atoms with van der Waals surface area (Å²) in [6.45, 7) is 6.25. The zero-order valence-corrected chi connectivity index (χ0v) is 15.2. The molecule has 0 unspecified atom stereocenters. The summed E-state index contributed by atoms with van der Waals surface area (Å²) in [6, 6.07) is 12.2. The van der Waals surface area contributed by atoms with Crippen LogP contribution in [0, 0.1) is 13.8 Å². The standard InChI is InChI=1S/C21H25N3O/c1-4-5-6-11-19(25)23-21-20(17-10-8-7-9-16(17)3)22-18-13-12-15(2)14-24(18)21/h7-10,12-14H,4-6,11H2,1-3H3,(H,23,25). The Balaban J connectivity index is 2.04. The number of imidazole rings is 1. The van der Waals surface area contributed by atoms with Crippen LogP contribution in [0.25, 0.3) is 16.9 Å². The summed E-state index contributed by atoms with van der Waals surface area (Å²) in [5.41, 5.74) is 4.99. The number of nitrogens with zero attached hydrogens (tertiary/aromatic N) is 2. The number of pyridine rings is 1. The van der Waals surface area contributed by atoms with Gasteiger partial charge in [0.1, 0.15) is 17.2 Å². The minimum Gasteiger partial charge on any atom is -0.310 e. The molecule has 0 radical (unpaired) electrons. The molecule has 0 aliphatic rings. The number of hydrogen-bond donors (Lipinski definition) is 1. The van der Waals surface area contributed by atoms with E-state index >= 15 is 0 Å². The number of fused-ring (bicyclic) bond motifs is 1. The van der Waals surface area contributed by atoms with Crippen molar-refractivity contribution in [3.63, 3.8) is 0 Å². The highest BCUT2D eigenvalue weighted by Crippen LogP contribution is 2.31. The SMILES string of the molecule is CCCCCC(=O)Nc1c(-c2ccccc2C)nc2ccc(C)cn12. The van der Waals surface area contributed by atoms with Crippen molar-refractivity contribution in [1.82, 2.24) is 9.38 Å². The fourth-order valence-electron chi connectivity index (χ4n) is 3.03. The van der Waals surface area contributed by atoms with E-state index in [1.807, 2.05) is 41.8 Å². The number of benzene rings is 1. The van der Waals surface area contributed by atoms with Gasteiger partial charge in [0.2, 0.25) is 5.91 Å². The predicted molar refractivity (Wildman–Crippen MR) is 103 cm³/mol. The van der Waals surface area contributed by atoms with Crippen molar-refractivity contribution < 1.29 is 4.79 Å². The number of aryl methyl sites for hydroxylation is 2. The summed E-state index contributed by atoms with van der Waals surface area (Å²) in [5, 5.41) is 3.11. The zero-order chi connectivity index (χ0) is 17.8. The van der Waals surface area contributed by atoms with E-state index in [0.29, 0.717) is 6.42 Å². The lowest BCUT2D eigenvalue weighted by molar-refractivity contribution is -0.116. The minimum atomic E-state index is 0.0478. The fourth-order valence-corrected chi connectivity index (χ4v) is 3.03. The van der Waals surface area contributed by atoms with E-state index in [4.69, 9.17) is 4.98 Å². The number of rotatable bonds is 6. The van der Waals surface area contributed by atoms with Crippen LogP contribution < -0.4 is 5.32 Å². The number of unbranched alkanes of at least 4 members (excludes halogenated alkanes) is 2. The molecule has 25 heavy (non-hydrogen) atoms. The molecule has 4 nitrogen and oxygen atoms in total. The van der Waals surface area contributed by atoms with Crippen LogP contribution in [-0.4, -0.2) is 15.3 Å². The molecule has 130 valence electrons. The topological polar surface area (TPSA) is 46.4 Å². The number of carbonyl (C=O) groups is 1. The highest BCUT2D eigenvalue weighted by atomic mass is 16.1. The third kappa shape index (κ3) is 3.73. The van der Waals surface area contributed by atoms with E-state index in [1.165, 1.54) is 0 Å². The van der Waals surface area contributed by atoms with Gasteiger partial charge in [-0.25, -0.2) is 4.98 Å². The second-order valence-electron chi connectivity index (χ2n) is 6.56. The van der Waals surface area contributed by atoms with Crippen molar-refractivity contribution >= 4 is 17.4 Å². The van der Waals surface area contributed by atoms with Crippen molar-refractivity contribution in [1.29, 1.82) is 0 Å². The van der Waals surface area contributed by atoms with Gasteiger partial charge in [-0.15, -0.1) is 0 Å². The van der Waals surface area contributed by atoms with E-state index < -0.39 is 0 Å². The molecule has 0 bridgehead atoms. The molecule has 0 aliphatic carbocycles. The highest BCUT2D eigenvalue weighted by molar-refractivity contribution is 5.94. The smallest absolute Gasteiger partial charge is 0.225 e. The van der Waals surface area contributed by atoms with Crippen LogP contribution in [-0.2, 0) is 4.79 Å². The Labute approximate surface area is 148 Å². The van der Waals surface area contributed by atoms with Crippen molar-refractivity contribution in [2.24, 2.45) is 0 Å². The maximum atomic E-state index is 12.4. The number of carbonyl (C=O) groups excluding carboxylic acids is 1. The maximum absolute atomic E-state index is 12.4. The first-order valence-corrected chi connectivity index (χ1v) is 8.94. The van der Waals surface area contributed by atoms with Crippen LogP contribution in [0.2, 0.25) is 0 Å². The molecule has 0 saturated heterocycles. The van der Waals surface area contributed by atoms with E-state index in [2.05, 4.69) is 31.3 Å². The number of hydrogen-bond acceptors (Lipinski definition) is 2. The minimum absolute atomic E-state index is 0.0478. The molecule has 0 fully saturated rings. The molecule has 0 atom stereocenters. The molecule has 4 heteroatoms. The average molecular weight is 335 g/mol. The highest BCUT2D eigenvalue weighted by Gasteiger charge is 2.17. The van der Waals surface area contributed by atoms with Gasteiger partial charge in [0, 0.05) is 18.2 Å². The first-order chi connectivity index (χ1) is 12.1. The van der Waals surface area contributed by atoms with Crippen LogP contribution in [0.3, 0.4) is 0 Å². The van der Waals surface area contributed by atoms with Crippen LogP contribution in [0.5, 0.6) is 0 Å². The van der Waals surface area contributed by atoms with Crippen LogP contribution >= 0.6 is 0 Å². The summed E-state index contributed by atoms with van der Waals surface area (Å²) in [5.74, 6) is 0.807. The van der Waals surface area contributed by atoms with Gasteiger partial charge in [0.25, 0.3) is 0 Å². The number of aromatic nitrogens is 2. The first-order valence-electron chi connectivity index (χ1n) is 8.94. The zero-order valence-electron chi connectivity index (χ0n) is 15.2. The van der Waals surface area contributed by atoms with E-state index in [9.17, 15) is 4.79 Å². The van der Waals surface area contributed by atoms with Gasteiger partial charge >= 0.3 is 0 Å². The third-order valence-corrected chi connectivity index (χ3v) is 4.43. The molecule has 1 aromatic carbocycles. The summed E-state index contributed by atoms with van der Waals surface area (Å²) in [7, 11) is 0. The number of nitrogens with one attached hydrogen (secondary N) is 1. The second kappa shape index (κ2) is 7.51. The fraction of sp³-hybridized carbons (Fsp3) is 0.333. The molecule has 0 saturated carbocycles. The summed E-state index contributed by atoms with van der Waals surface area (Å²) in [4.78, 5) is 17.2. The van der Waals surface area contributed by atoms with Gasteiger partial charge in [-0.3, -0.25) is 9.20 Å². The van der Waals surface area contributed by atoms with Crippen LogP contribution in [0.15, 0.2) is 42.6 Å². The average Bonchev–Trinajstić information content (AvgIpc) is 2.93. The Kier molecular flexibility index (Phi) is 5.17.